The summed E-state index contributed by atoms with van der Waals surface area (Å²) in [5.41, 5.74) is 4.12. The second kappa shape index (κ2) is 9.24. The number of aryl methyl sites for hydroxylation is 1. The van der Waals surface area contributed by atoms with E-state index in [0.717, 1.165) is 35.8 Å². The van der Waals surface area contributed by atoms with Gasteiger partial charge in [-0.15, -0.1) is 12.4 Å². The van der Waals surface area contributed by atoms with Crippen molar-refractivity contribution in [1.82, 2.24) is 25.1 Å². The molecule has 2 aromatic heterocycles. The monoisotopic (exact) mass is 414 g/mol. The van der Waals surface area contributed by atoms with E-state index in [9.17, 15) is 0 Å². The van der Waals surface area contributed by atoms with E-state index in [-0.39, 0.29) is 12.4 Å². The fraction of sp³-hybridized carbons (Fsp3) is 0.381. The first-order chi connectivity index (χ1) is 13.6. The Morgan fingerprint density at radius 1 is 1.10 bits per heavy atom. The summed E-state index contributed by atoms with van der Waals surface area (Å²) in [5.74, 6) is 2.81. The second-order valence-electron chi connectivity index (χ2n) is 7.37. The predicted molar refractivity (Wildman–Crippen MR) is 117 cm³/mol. The van der Waals surface area contributed by atoms with Crippen LogP contribution in [0.4, 0.5) is 11.6 Å². The molecule has 1 aliphatic rings. The smallest absolute Gasteiger partial charge is 0.153 e. The Morgan fingerprint density at radius 2 is 1.90 bits per heavy atom. The van der Waals surface area contributed by atoms with Crippen LogP contribution in [0.3, 0.4) is 0 Å². The second-order valence-corrected chi connectivity index (χ2v) is 7.37. The molecule has 0 aliphatic carbocycles. The van der Waals surface area contributed by atoms with Crippen LogP contribution in [0.25, 0.3) is 11.3 Å². The van der Waals surface area contributed by atoms with E-state index in [4.69, 9.17) is 4.74 Å². The van der Waals surface area contributed by atoms with Gasteiger partial charge in [0.2, 0.25) is 0 Å². The van der Waals surface area contributed by atoms with Crippen molar-refractivity contribution in [2.45, 2.75) is 25.7 Å². The minimum absolute atomic E-state index is 0. The summed E-state index contributed by atoms with van der Waals surface area (Å²) in [4.78, 5) is 10.9. The molecule has 1 fully saturated rings. The van der Waals surface area contributed by atoms with Crippen molar-refractivity contribution in [3.63, 3.8) is 0 Å². The number of rotatable bonds is 5. The lowest BCUT2D eigenvalue weighted by molar-refractivity contribution is 0.255. The van der Waals surface area contributed by atoms with E-state index in [2.05, 4.69) is 55.6 Å². The minimum atomic E-state index is 0. The maximum atomic E-state index is 5.69. The number of H-pyrrole nitrogens is 1. The molecule has 2 N–H and O–H groups in total. The summed E-state index contributed by atoms with van der Waals surface area (Å²) in [6.07, 6.45) is 5.80. The quantitative estimate of drug-likeness (QED) is 0.652. The van der Waals surface area contributed by atoms with E-state index < -0.39 is 0 Å². The number of aromatic nitrogens is 4. The Bertz CT molecular complexity index is 935. The van der Waals surface area contributed by atoms with Crippen LogP contribution in [0.1, 0.15) is 30.0 Å². The summed E-state index contributed by atoms with van der Waals surface area (Å²) in [7, 11) is 3.90. The Labute approximate surface area is 177 Å². The molecule has 0 radical (unpaired) electrons. The SMILES string of the molecule is COc1cc(C2CCN(C)CC2)ccc1-c1cc(Nc2cnc(C)cn2)n[nH]1.Cl. The first kappa shape index (κ1) is 21.1. The first-order valence-electron chi connectivity index (χ1n) is 9.60. The van der Waals surface area contributed by atoms with E-state index in [1.54, 1.807) is 19.5 Å². The van der Waals surface area contributed by atoms with Crippen molar-refractivity contribution < 1.29 is 4.74 Å². The normalized spacial score (nSPS) is 15.0. The molecule has 7 nitrogen and oxygen atoms in total. The van der Waals surface area contributed by atoms with Crippen LogP contribution >= 0.6 is 12.4 Å². The zero-order valence-electron chi connectivity index (χ0n) is 17.0. The Hall–Kier alpha value is -2.64. The van der Waals surface area contributed by atoms with Gasteiger partial charge in [-0.1, -0.05) is 6.07 Å². The van der Waals surface area contributed by atoms with Gasteiger partial charge in [-0.2, -0.15) is 5.10 Å². The molecule has 1 aromatic carbocycles. The van der Waals surface area contributed by atoms with Gasteiger partial charge >= 0.3 is 0 Å². The fourth-order valence-electron chi connectivity index (χ4n) is 3.64. The van der Waals surface area contributed by atoms with Gasteiger partial charge in [0.05, 0.1) is 30.9 Å². The van der Waals surface area contributed by atoms with E-state index in [1.807, 2.05) is 13.0 Å². The Morgan fingerprint density at radius 3 is 2.59 bits per heavy atom. The third-order valence-electron chi connectivity index (χ3n) is 5.32. The summed E-state index contributed by atoms with van der Waals surface area (Å²) in [6.45, 7) is 4.20. The number of hydrogen-bond acceptors (Lipinski definition) is 6. The van der Waals surface area contributed by atoms with Gasteiger partial charge in [0.1, 0.15) is 11.6 Å². The number of piperidine rings is 1. The molecule has 1 saturated heterocycles. The number of anilines is 2. The molecule has 4 rings (SSSR count). The molecule has 29 heavy (non-hydrogen) atoms. The van der Waals surface area contributed by atoms with E-state index in [1.165, 1.54) is 18.4 Å². The highest BCUT2D eigenvalue weighted by molar-refractivity contribution is 5.85. The molecule has 1 aliphatic heterocycles. The highest BCUT2D eigenvalue weighted by Gasteiger charge is 2.20. The minimum Gasteiger partial charge on any atom is -0.496 e. The molecule has 0 saturated carbocycles. The molecular weight excluding hydrogens is 388 g/mol. The van der Waals surface area contributed by atoms with Gasteiger partial charge in [-0.3, -0.25) is 10.1 Å². The summed E-state index contributed by atoms with van der Waals surface area (Å²) < 4.78 is 5.69. The van der Waals surface area contributed by atoms with Crippen LogP contribution in [-0.4, -0.2) is 52.3 Å². The molecule has 0 atom stereocenters. The zero-order chi connectivity index (χ0) is 19.5. The molecule has 3 heterocycles. The lowest BCUT2D eigenvalue weighted by Gasteiger charge is -2.29. The number of ether oxygens (including phenoxy) is 1. The number of methoxy groups -OCH3 is 1. The molecule has 154 valence electrons. The van der Waals surface area contributed by atoms with Gasteiger partial charge in [0.15, 0.2) is 5.82 Å². The number of hydrogen-bond donors (Lipinski definition) is 2. The standard InChI is InChI=1S/C21H26N6O.ClH/c1-14-12-23-21(13-22-14)24-20-11-18(25-26-20)17-5-4-16(10-19(17)28-3)15-6-8-27(2)9-7-15;/h4-5,10-13,15H,6-9H2,1-3H3,(H2,23,24,25,26);1H. The average molecular weight is 415 g/mol. The number of likely N-dealkylation sites (tertiary alicyclic amines) is 1. The van der Waals surface area contributed by atoms with Crippen LogP contribution in [0.5, 0.6) is 5.75 Å². The maximum Gasteiger partial charge on any atom is 0.153 e. The Balaban J connectivity index is 0.00000240. The first-order valence-corrected chi connectivity index (χ1v) is 9.60. The molecule has 0 unspecified atom stereocenters. The van der Waals surface area contributed by atoms with Gasteiger partial charge in [-0.25, -0.2) is 4.98 Å². The highest BCUT2D eigenvalue weighted by atomic mass is 35.5. The molecule has 0 spiro atoms. The molecular formula is C21H27ClN6O. The summed E-state index contributed by atoms with van der Waals surface area (Å²) in [5, 5.41) is 10.6. The third-order valence-corrected chi connectivity index (χ3v) is 5.32. The van der Waals surface area contributed by atoms with Gasteiger partial charge in [-0.05, 0) is 63.5 Å². The largest absolute Gasteiger partial charge is 0.496 e. The topological polar surface area (TPSA) is 79.0 Å². The van der Waals surface area contributed by atoms with Crippen molar-refractivity contribution in [3.8, 4) is 17.0 Å². The third kappa shape index (κ3) is 4.86. The number of nitrogens with zero attached hydrogens (tertiary/aromatic N) is 4. The summed E-state index contributed by atoms with van der Waals surface area (Å²) >= 11 is 0. The fourth-order valence-corrected chi connectivity index (χ4v) is 3.64. The molecule has 0 amide bonds. The summed E-state index contributed by atoms with van der Waals surface area (Å²) in [6, 6.07) is 8.46. The van der Waals surface area contributed by atoms with Gasteiger partial charge in [0, 0.05) is 11.6 Å². The van der Waals surface area contributed by atoms with Crippen LogP contribution in [-0.2, 0) is 0 Å². The lowest BCUT2D eigenvalue weighted by atomic mass is 9.88. The van der Waals surface area contributed by atoms with Gasteiger partial charge < -0.3 is 15.0 Å². The number of halogens is 1. The number of benzene rings is 1. The van der Waals surface area contributed by atoms with Gasteiger partial charge in [0.25, 0.3) is 0 Å². The molecule has 0 bridgehead atoms. The number of aromatic amines is 1. The van der Waals surface area contributed by atoms with Crippen LogP contribution < -0.4 is 10.1 Å². The van der Waals surface area contributed by atoms with Crippen molar-refractivity contribution in [3.05, 3.63) is 47.9 Å². The van der Waals surface area contributed by atoms with E-state index in [0.29, 0.717) is 17.6 Å². The van der Waals surface area contributed by atoms with Crippen molar-refractivity contribution in [1.29, 1.82) is 0 Å². The molecule has 8 heteroatoms. The van der Waals surface area contributed by atoms with Crippen LogP contribution in [0, 0.1) is 6.92 Å². The highest BCUT2D eigenvalue weighted by Crippen LogP contribution is 2.35. The average Bonchev–Trinajstić information content (AvgIpc) is 3.18. The zero-order valence-corrected chi connectivity index (χ0v) is 17.8. The van der Waals surface area contributed by atoms with Crippen LogP contribution in [0.2, 0.25) is 0 Å². The number of nitrogens with one attached hydrogen (secondary N) is 2. The van der Waals surface area contributed by atoms with Crippen LogP contribution in [0.15, 0.2) is 36.7 Å². The van der Waals surface area contributed by atoms with Crippen molar-refractivity contribution >= 4 is 24.0 Å². The lowest BCUT2D eigenvalue weighted by Crippen LogP contribution is -2.29. The molecule has 3 aromatic rings. The predicted octanol–water partition coefficient (Wildman–Crippen LogP) is 4.16. The Kier molecular flexibility index (Phi) is 6.71. The van der Waals surface area contributed by atoms with Crippen molar-refractivity contribution in [2.75, 3.05) is 32.6 Å². The maximum absolute atomic E-state index is 5.69. The van der Waals surface area contributed by atoms with E-state index >= 15 is 0 Å². The van der Waals surface area contributed by atoms with Crippen molar-refractivity contribution in [2.24, 2.45) is 0 Å².